The summed E-state index contributed by atoms with van der Waals surface area (Å²) in [7, 11) is 0. The van der Waals surface area contributed by atoms with Crippen molar-refractivity contribution in [3.8, 4) is 0 Å². The molecule has 1 aliphatic rings. The number of nitrogens with zero attached hydrogens (tertiary/aromatic N) is 1. The number of fused-ring (bicyclic) bond motifs is 1. The molecule has 2 N–H and O–H groups in total. The molecule has 4 atom stereocenters. The van der Waals surface area contributed by atoms with Crippen LogP contribution < -0.4 is 10.6 Å². The molecule has 188 valence electrons. The second-order valence-electron chi connectivity index (χ2n) is 9.15. The van der Waals surface area contributed by atoms with Crippen molar-refractivity contribution in [2.45, 2.75) is 59.0 Å². The van der Waals surface area contributed by atoms with E-state index < -0.39 is 35.3 Å². The van der Waals surface area contributed by atoms with E-state index in [-0.39, 0.29) is 30.2 Å². The molecule has 3 amide bonds. The van der Waals surface area contributed by atoms with Crippen molar-refractivity contribution in [3.63, 3.8) is 0 Å². The van der Waals surface area contributed by atoms with Gasteiger partial charge in [0.15, 0.2) is 0 Å². The average molecular weight is 486 g/mol. The minimum atomic E-state index is -1.10. The molecule has 1 heterocycles. The minimum absolute atomic E-state index is 0.180. The van der Waals surface area contributed by atoms with Crippen LogP contribution in [0.2, 0.25) is 0 Å². The lowest BCUT2D eigenvalue weighted by molar-refractivity contribution is -0.144. The van der Waals surface area contributed by atoms with E-state index in [1.165, 1.54) is 11.0 Å². The summed E-state index contributed by atoms with van der Waals surface area (Å²) in [6, 6.07) is 8.61. The number of benzene rings is 2. The maximum Gasteiger partial charge on any atom is 0.251 e. The zero-order valence-corrected chi connectivity index (χ0v) is 20.6. The lowest BCUT2D eigenvalue weighted by Crippen LogP contribution is -2.56. The van der Waals surface area contributed by atoms with Gasteiger partial charge >= 0.3 is 0 Å². The largest absolute Gasteiger partial charge is 0.344 e. The molecule has 0 aliphatic carbocycles. The molecule has 0 radical (unpaired) electrons. The van der Waals surface area contributed by atoms with E-state index in [0.29, 0.717) is 24.8 Å². The summed E-state index contributed by atoms with van der Waals surface area (Å²) in [5.41, 5.74) is 0.920. The first-order valence-corrected chi connectivity index (χ1v) is 12.1. The first-order valence-electron chi connectivity index (χ1n) is 12.1. The Balaban J connectivity index is 1.98. The Morgan fingerprint density at radius 2 is 1.66 bits per heavy atom. The van der Waals surface area contributed by atoms with Crippen molar-refractivity contribution in [1.82, 2.24) is 10.2 Å². The Labute approximate surface area is 205 Å². The minimum Gasteiger partial charge on any atom is -0.344 e. The van der Waals surface area contributed by atoms with Gasteiger partial charge in [0, 0.05) is 12.5 Å². The van der Waals surface area contributed by atoms with Gasteiger partial charge in [-0.1, -0.05) is 64.4 Å². The van der Waals surface area contributed by atoms with Gasteiger partial charge in [0.05, 0.1) is 0 Å². The molecule has 0 bridgehead atoms. The number of halogens is 2. The number of carbonyl (C=O) groups excluding carboxylic acids is 3. The zero-order valence-electron chi connectivity index (χ0n) is 20.6. The summed E-state index contributed by atoms with van der Waals surface area (Å²) in [6.45, 7) is 7.73. The van der Waals surface area contributed by atoms with Gasteiger partial charge in [0.25, 0.3) is 5.91 Å². The number of amides is 3. The highest BCUT2D eigenvalue weighted by atomic mass is 19.1. The summed E-state index contributed by atoms with van der Waals surface area (Å²) in [5.74, 6) is -3.58. The lowest BCUT2D eigenvalue weighted by Gasteiger charge is -2.39. The van der Waals surface area contributed by atoms with Crippen LogP contribution in [-0.4, -0.2) is 35.2 Å². The Hall–Kier alpha value is -3.29. The van der Waals surface area contributed by atoms with Gasteiger partial charge in [-0.05, 0) is 42.0 Å². The third kappa shape index (κ3) is 5.69. The third-order valence-electron chi connectivity index (χ3n) is 6.86. The molecule has 2 aromatic carbocycles. The van der Waals surface area contributed by atoms with Gasteiger partial charge in [-0.25, -0.2) is 8.78 Å². The van der Waals surface area contributed by atoms with Crippen LogP contribution >= 0.6 is 0 Å². The molecule has 8 heteroatoms. The Kier molecular flexibility index (Phi) is 8.59. The van der Waals surface area contributed by atoms with Crippen molar-refractivity contribution < 1.29 is 23.2 Å². The molecule has 0 aromatic heterocycles. The fourth-order valence-corrected chi connectivity index (χ4v) is 4.24. The van der Waals surface area contributed by atoms with Gasteiger partial charge < -0.3 is 15.5 Å². The van der Waals surface area contributed by atoms with E-state index in [1.54, 1.807) is 19.1 Å². The van der Waals surface area contributed by atoms with Gasteiger partial charge in [0.1, 0.15) is 29.4 Å². The summed E-state index contributed by atoms with van der Waals surface area (Å²) < 4.78 is 28.6. The molecule has 35 heavy (non-hydrogen) atoms. The number of hydrogen-bond acceptors (Lipinski definition) is 3. The van der Waals surface area contributed by atoms with Crippen LogP contribution in [-0.2, 0) is 20.8 Å². The predicted molar refractivity (Wildman–Crippen MR) is 130 cm³/mol. The molecule has 6 nitrogen and oxygen atoms in total. The Morgan fingerprint density at radius 3 is 2.29 bits per heavy atom. The predicted octanol–water partition coefficient (Wildman–Crippen LogP) is 4.61. The van der Waals surface area contributed by atoms with Crippen molar-refractivity contribution >= 4 is 23.4 Å². The molecule has 0 fully saturated rings. The SMILES string of the molecule is CC[C@@H](C)C(=O)N[C@H](C(=O)N1CCc2ccccc2[C@H]1C(=O)Nc1c(F)cccc1F)[C@@H](C)CC. The molecular weight excluding hydrogens is 452 g/mol. The average Bonchev–Trinajstić information content (AvgIpc) is 2.87. The standard InChI is InChI=1S/C27H33F2N3O3/c1-5-16(3)22(30-25(33)17(4)6-2)27(35)32-15-14-18-10-7-8-11-19(18)24(32)26(34)31-23-20(28)12-9-13-21(23)29/h7-13,16-17,22,24H,5-6,14-15H2,1-4H3,(H,30,33)(H,31,34)/t16-,17+,22-,24-/m0/s1. The van der Waals surface area contributed by atoms with Crippen molar-refractivity contribution in [1.29, 1.82) is 0 Å². The van der Waals surface area contributed by atoms with Crippen LogP contribution in [0.5, 0.6) is 0 Å². The Morgan fingerprint density at radius 1 is 1.00 bits per heavy atom. The van der Waals surface area contributed by atoms with Gasteiger partial charge in [-0.2, -0.15) is 0 Å². The smallest absolute Gasteiger partial charge is 0.251 e. The molecule has 2 aromatic rings. The van der Waals surface area contributed by atoms with Crippen LogP contribution in [0.3, 0.4) is 0 Å². The quantitative estimate of drug-likeness (QED) is 0.573. The summed E-state index contributed by atoms with van der Waals surface area (Å²) in [4.78, 5) is 41.4. The van der Waals surface area contributed by atoms with Crippen LogP contribution in [0.1, 0.15) is 57.7 Å². The van der Waals surface area contributed by atoms with Crippen molar-refractivity contribution in [3.05, 3.63) is 65.2 Å². The highest BCUT2D eigenvalue weighted by Gasteiger charge is 2.40. The molecule has 3 rings (SSSR count). The molecular formula is C27H33F2N3O3. The van der Waals surface area contributed by atoms with E-state index in [2.05, 4.69) is 10.6 Å². The first-order chi connectivity index (χ1) is 16.7. The van der Waals surface area contributed by atoms with Gasteiger partial charge in [-0.3, -0.25) is 14.4 Å². The van der Waals surface area contributed by atoms with E-state index >= 15 is 0 Å². The van der Waals surface area contributed by atoms with Crippen molar-refractivity contribution in [2.24, 2.45) is 11.8 Å². The molecule has 0 saturated heterocycles. The molecule has 0 saturated carbocycles. The first kappa shape index (κ1) is 26.3. The monoisotopic (exact) mass is 485 g/mol. The summed E-state index contributed by atoms with van der Waals surface area (Å²) in [6.07, 6.45) is 1.79. The summed E-state index contributed by atoms with van der Waals surface area (Å²) >= 11 is 0. The van der Waals surface area contributed by atoms with Gasteiger partial charge in [-0.15, -0.1) is 0 Å². The maximum atomic E-state index is 14.3. The number of hydrogen-bond donors (Lipinski definition) is 2. The number of carbonyl (C=O) groups is 3. The molecule has 1 aliphatic heterocycles. The van der Waals surface area contributed by atoms with E-state index in [4.69, 9.17) is 0 Å². The Bertz CT molecular complexity index is 1070. The normalized spacial score (nSPS) is 17.7. The van der Waals surface area contributed by atoms with Crippen LogP contribution in [0.4, 0.5) is 14.5 Å². The van der Waals surface area contributed by atoms with Crippen LogP contribution in [0, 0.1) is 23.5 Å². The molecule has 0 unspecified atom stereocenters. The maximum absolute atomic E-state index is 14.3. The highest BCUT2D eigenvalue weighted by molar-refractivity contribution is 6.00. The number of para-hydroxylation sites is 1. The van der Waals surface area contributed by atoms with E-state index in [0.717, 1.165) is 17.7 Å². The fourth-order valence-electron chi connectivity index (χ4n) is 4.24. The van der Waals surface area contributed by atoms with E-state index in [1.807, 2.05) is 32.9 Å². The topological polar surface area (TPSA) is 78.5 Å². The van der Waals surface area contributed by atoms with E-state index in [9.17, 15) is 23.2 Å². The second kappa shape index (κ2) is 11.4. The lowest BCUT2D eigenvalue weighted by atomic mass is 9.89. The second-order valence-corrected chi connectivity index (χ2v) is 9.15. The van der Waals surface area contributed by atoms with Gasteiger partial charge in [0.2, 0.25) is 11.8 Å². The van der Waals surface area contributed by atoms with Crippen LogP contribution in [0.25, 0.3) is 0 Å². The molecule has 0 spiro atoms. The van der Waals surface area contributed by atoms with Crippen molar-refractivity contribution in [2.75, 3.05) is 11.9 Å². The summed E-state index contributed by atoms with van der Waals surface area (Å²) in [5, 5.41) is 5.24. The highest BCUT2D eigenvalue weighted by Crippen LogP contribution is 2.33. The number of rotatable bonds is 8. The zero-order chi connectivity index (χ0) is 25.7. The number of anilines is 1. The number of nitrogens with one attached hydrogen (secondary N) is 2. The fraction of sp³-hybridized carbons (Fsp3) is 0.444. The van der Waals surface area contributed by atoms with Crippen LogP contribution in [0.15, 0.2) is 42.5 Å². The third-order valence-corrected chi connectivity index (χ3v) is 6.86.